The van der Waals surface area contributed by atoms with Crippen LogP contribution in [0.4, 0.5) is 0 Å². The maximum atomic E-state index is 12.6. The van der Waals surface area contributed by atoms with Crippen LogP contribution in [0.15, 0.2) is 61.2 Å². The molecule has 0 aliphatic rings. The van der Waals surface area contributed by atoms with E-state index in [1.165, 1.54) is 0 Å². The fraction of sp³-hybridized carbons (Fsp3) is 0.158. The van der Waals surface area contributed by atoms with Crippen LogP contribution in [0.2, 0.25) is 10.0 Å². The van der Waals surface area contributed by atoms with Crippen molar-refractivity contribution in [3.05, 3.63) is 87.9 Å². The Hall–Kier alpha value is -2.30. The zero-order chi connectivity index (χ0) is 17.8. The smallest absolute Gasteiger partial charge is 0.253 e. The second kappa shape index (κ2) is 7.72. The number of carbonyl (C=O) groups is 1. The number of aromatic nitrogens is 2. The van der Waals surface area contributed by atoms with E-state index in [-0.39, 0.29) is 5.91 Å². The minimum Gasteiger partial charge on any atom is -0.337 e. The number of hydrogen-bond donors (Lipinski definition) is 0. The lowest BCUT2D eigenvalue weighted by Crippen LogP contribution is -2.26. The number of hydrogen-bond acceptors (Lipinski definition) is 2. The first kappa shape index (κ1) is 17.5. The van der Waals surface area contributed by atoms with Crippen molar-refractivity contribution in [2.75, 3.05) is 7.05 Å². The summed E-state index contributed by atoms with van der Waals surface area (Å²) in [6.07, 6.45) is 5.42. The molecule has 0 aliphatic carbocycles. The third kappa shape index (κ3) is 4.41. The van der Waals surface area contributed by atoms with Gasteiger partial charge in [-0.2, -0.15) is 0 Å². The lowest BCUT2D eigenvalue weighted by molar-refractivity contribution is 0.0785. The van der Waals surface area contributed by atoms with Crippen LogP contribution >= 0.6 is 23.2 Å². The summed E-state index contributed by atoms with van der Waals surface area (Å²) < 4.78 is 1.98. The summed E-state index contributed by atoms with van der Waals surface area (Å²) in [5.41, 5.74) is 2.70. The predicted molar refractivity (Wildman–Crippen MR) is 100 cm³/mol. The van der Waals surface area contributed by atoms with E-state index >= 15 is 0 Å². The van der Waals surface area contributed by atoms with Gasteiger partial charge >= 0.3 is 0 Å². The molecule has 1 amide bonds. The van der Waals surface area contributed by atoms with Gasteiger partial charge in [0, 0.05) is 38.1 Å². The van der Waals surface area contributed by atoms with E-state index in [0.29, 0.717) is 22.2 Å². The van der Waals surface area contributed by atoms with Gasteiger partial charge in [0.1, 0.15) is 0 Å². The molecule has 1 heterocycles. The first-order chi connectivity index (χ1) is 12.0. The number of nitrogens with zero attached hydrogens (tertiary/aromatic N) is 3. The van der Waals surface area contributed by atoms with Gasteiger partial charge in [-0.25, -0.2) is 4.98 Å². The Morgan fingerprint density at radius 1 is 1.08 bits per heavy atom. The molecule has 0 atom stereocenters. The summed E-state index contributed by atoms with van der Waals surface area (Å²) in [4.78, 5) is 18.3. The van der Waals surface area contributed by atoms with Crippen LogP contribution in [0, 0.1) is 0 Å². The molecule has 0 fully saturated rings. The van der Waals surface area contributed by atoms with Crippen molar-refractivity contribution >= 4 is 29.1 Å². The van der Waals surface area contributed by atoms with Gasteiger partial charge in [0.25, 0.3) is 5.91 Å². The number of imidazole rings is 1. The molecular formula is C19H17Cl2N3O. The minimum atomic E-state index is -0.0414. The average Bonchev–Trinajstić information content (AvgIpc) is 3.11. The highest BCUT2D eigenvalue weighted by Crippen LogP contribution is 2.23. The first-order valence-electron chi connectivity index (χ1n) is 7.77. The van der Waals surface area contributed by atoms with Gasteiger partial charge in [0.05, 0.1) is 16.4 Å². The number of benzene rings is 2. The minimum absolute atomic E-state index is 0.0414. The lowest BCUT2D eigenvalue weighted by Gasteiger charge is -2.18. The first-order valence-corrected chi connectivity index (χ1v) is 8.52. The fourth-order valence-electron chi connectivity index (χ4n) is 2.55. The van der Waals surface area contributed by atoms with Crippen molar-refractivity contribution in [2.24, 2.45) is 0 Å². The molecule has 4 nitrogen and oxygen atoms in total. The maximum absolute atomic E-state index is 12.6. The Kier molecular flexibility index (Phi) is 5.41. The zero-order valence-corrected chi connectivity index (χ0v) is 15.2. The van der Waals surface area contributed by atoms with Gasteiger partial charge in [-0.15, -0.1) is 0 Å². The molecule has 3 rings (SSSR count). The highest BCUT2D eigenvalue weighted by molar-refractivity contribution is 6.42. The van der Waals surface area contributed by atoms with Crippen LogP contribution in [0.3, 0.4) is 0 Å². The molecule has 0 saturated carbocycles. The standard InChI is InChI=1S/C19H17Cl2N3O/c1-23(11-15-4-7-17(20)18(21)10-15)19(25)16-5-2-14(3-6-16)12-24-9-8-22-13-24/h2-10,13H,11-12H2,1H3. The Balaban J connectivity index is 1.66. The molecule has 128 valence electrons. The van der Waals surface area contributed by atoms with Crippen molar-refractivity contribution in [1.82, 2.24) is 14.5 Å². The second-order valence-electron chi connectivity index (χ2n) is 5.84. The molecule has 2 aromatic carbocycles. The highest BCUT2D eigenvalue weighted by atomic mass is 35.5. The topological polar surface area (TPSA) is 38.1 Å². The van der Waals surface area contributed by atoms with Crippen molar-refractivity contribution in [3.8, 4) is 0 Å². The molecule has 0 aliphatic heterocycles. The summed E-state index contributed by atoms with van der Waals surface area (Å²) in [5.74, 6) is -0.0414. The Labute approximate surface area is 156 Å². The second-order valence-corrected chi connectivity index (χ2v) is 6.66. The molecule has 0 N–H and O–H groups in total. The average molecular weight is 374 g/mol. The Bertz CT molecular complexity index is 861. The molecule has 0 saturated heterocycles. The quantitative estimate of drug-likeness (QED) is 0.659. The summed E-state index contributed by atoms with van der Waals surface area (Å²) in [7, 11) is 1.77. The van der Waals surface area contributed by atoms with Crippen LogP contribution in [-0.4, -0.2) is 27.4 Å². The van der Waals surface area contributed by atoms with E-state index in [9.17, 15) is 4.79 Å². The molecular weight excluding hydrogens is 357 g/mol. The third-order valence-corrected chi connectivity index (χ3v) is 4.61. The van der Waals surface area contributed by atoms with Crippen LogP contribution < -0.4 is 0 Å². The lowest BCUT2D eigenvalue weighted by atomic mass is 10.1. The van der Waals surface area contributed by atoms with E-state index in [1.807, 2.05) is 41.1 Å². The number of rotatable bonds is 5. The van der Waals surface area contributed by atoms with Crippen LogP contribution in [0.25, 0.3) is 0 Å². The van der Waals surface area contributed by atoms with E-state index < -0.39 is 0 Å². The zero-order valence-electron chi connectivity index (χ0n) is 13.7. The van der Waals surface area contributed by atoms with Crippen LogP contribution in [0.5, 0.6) is 0 Å². The van der Waals surface area contributed by atoms with Gasteiger partial charge in [0.15, 0.2) is 0 Å². The van der Waals surface area contributed by atoms with Crippen LogP contribution in [0.1, 0.15) is 21.5 Å². The number of carbonyl (C=O) groups excluding carboxylic acids is 1. The SMILES string of the molecule is CN(Cc1ccc(Cl)c(Cl)c1)C(=O)c1ccc(Cn2ccnc2)cc1. The van der Waals surface area contributed by atoms with Crippen molar-refractivity contribution in [2.45, 2.75) is 13.1 Å². The molecule has 0 unspecified atom stereocenters. The molecule has 3 aromatic rings. The summed E-state index contributed by atoms with van der Waals surface area (Å²) >= 11 is 12.0. The van der Waals surface area contributed by atoms with Gasteiger partial charge in [-0.3, -0.25) is 4.79 Å². The molecule has 25 heavy (non-hydrogen) atoms. The van der Waals surface area contributed by atoms with E-state index in [0.717, 1.165) is 17.7 Å². The van der Waals surface area contributed by atoms with Gasteiger partial charge in [-0.05, 0) is 35.4 Å². The Morgan fingerprint density at radius 2 is 1.80 bits per heavy atom. The third-order valence-electron chi connectivity index (χ3n) is 3.88. The van der Waals surface area contributed by atoms with Gasteiger partial charge in [-0.1, -0.05) is 41.4 Å². The number of amides is 1. The normalized spacial score (nSPS) is 10.7. The van der Waals surface area contributed by atoms with E-state index in [4.69, 9.17) is 23.2 Å². The summed E-state index contributed by atoms with van der Waals surface area (Å²) in [5, 5.41) is 0.997. The summed E-state index contributed by atoms with van der Waals surface area (Å²) in [6, 6.07) is 13.0. The molecule has 6 heteroatoms. The van der Waals surface area contributed by atoms with Crippen molar-refractivity contribution in [3.63, 3.8) is 0 Å². The monoisotopic (exact) mass is 373 g/mol. The van der Waals surface area contributed by atoms with E-state index in [2.05, 4.69) is 4.98 Å². The summed E-state index contributed by atoms with van der Waals surface area (Å²) in [6.45, 7) is 1.19. The predicted octanol–water partition coefficient (Wildman–Crippen LogP) is 4.51. The van der Waals surface area contributed by atoms with Gasteiger partial charge < -0.3 is 9.47 Å². The van der Waals surface area contributed by atoms with E-state index in [1.54, 1.807) is 36.6 Å². The largest absolute Gasteiger partial charge is 0.337 e. The van der Waals surface area contributed by atoms with Crippen molar-refractivity contribution < 1.29 is 4.79 Å². The number of halogens is 2. The molecule has 1 aromatic heterocycles. The van der Waals surface area contributed by atoms with Crippen LogP contribution in [-0.2, 0) is 13.1 Å². The molecule has 0 bridgehead atoms. The highest BCUT2D eigenvalue weighted by Gasteiger charge is 2.12. The maximum Gasteiger partial charge on any atom is 0.253 e. The van der Waals surface area contributed by atoms with Crippen molar-refractivity contribution in [1.29, 1.82) is 0 Å². The molecule has 0 spiro atoms. The van der Waals surface area contributed by atoms with Gasteiger partial charge in [0.2, 0.25) is 0 Å². The Morgan fingerprint density at radius 3 is 2.44 bits per heavy atom. The fourth-order valence-corrected chi connectivity index (χ4v) is 2.87. The molecule has 0 radical (unpaired) electrons.